The van der Waals surface area contributed by atoms with Gasteiger partial charge in [-0.1, -0.05) is 43.3 Å². The molecule has 0 aliphatic carbocycles. The van der Waals surface area contributed by atoms with Gasteiger partial charge in [-0.25, -0.2) is 0 Å². The van der Waals surface area contributed by atoms with E-state index in [0.29, 0.717) is 6.54 Å². The summed E-state index contributed by atoms with van der Waals surface area (Å²) in [7, 11) is 0. The summed E-state index contributed by atoms with van der Waals surface area (Å²) in [6, 6.07) is 14.1. The molecule has 1 atom stereocenters. The molecule has 0 spiro atoms. The Kier molecular flexibility index (Phi) is 5.07. The molecule has 1 N–H and O–H groups in total. The third-order valence-electron chi connectivity index (χ3n) is 3.20. The Hall–Kier alpha value is -1.71. The fourth-order valence-electron chi connectivity index (χ4n) is 2.07. The van der Waals surface area contributed by atoms with Gasteiger partial charge >= 0.3 is 0 Å². The minimum atomic E-state index is -0.489. The first-order chi connectivity index (χ1) is 9.29. The van der Waals surface area contributed by atoms with Gasteiger partial charge in [0, 0.05) is 31.0 Å². The molecular weight excluding hydrogens is 236 g/mol. The maximum atomic E-state index is 10.2. The second kappa shape index (κ2) is 7.02. The van der Waals surface area contributed by atoms with Crippen LogP contribution in [0.1, 0.15) is 24.2 Å². The van der Waals surface area contributed by atoms with E-state index in [-0.39, 0.29) is 0 Å². The fourth-order valence-corrected chi connectivity index (χ4v) is 2.07. The molecule has 0 fully saturated rings. The molecule has 0 saturated heterocycles. The normalized spacial score (nSPS) is 12.6. The highest BCUT2D eigenvalue weighted by Gasteiger charge is 2.12. The maximum Gasteiger partial charge on any atom is 0.0931 e. The molecule has 100 valence electrons. The molecule has 0 amide bonds. The Morgan fingerprint density at radius 3 is 2.58 bits per heavy atom. The maximum absolute atomic E-state index is 10.2. The van der Waals surface area contributed by atoms with Crippen LogP contribution in [0.25, 0.3) is 0 Å². The highest BCUT2D eigenvalue weighted by Crippen LogP contribution is 2.14. The zero-order valence-corrected chi connectivity index (χ0v) is 11.2. The van der Waals surface area contributed by atoms with E-state index >= 15 is 0 Å². The van der Waals surface area contributed by atoms with Gasteiger partial charge < -0.3 is 5.11 Å². The van der Waals surface area contributed by atoms with Crippen molar-refractivity contribution in [2.75, 3.05) is 13.1 Å². The topological polar surface area (TPSA) is 36.4 Å². The molecule has 19 heavy (non-hydrogen) atoms. The van der Waals surface area contributed by atoms with Crippen LogP contribution in [0.15, 0.2) is 54.9 Å². The Morgan fingerprint density at radius 2 is 1.95 bits per heavy atom. The summed E-state index contributed by atoms with van der Waals surface area (Å²) in [6.45, 7) is 4.50. The van der Waals surface area contributed by atoms with Crippen LogP contribution in [0, 0.1) is 0 Å². The number of aromatic nitrogens is 1. The lowest BCUT2D eigenvalue weighted by atomic mass is 10.1. The van der Waals surface area contributed by atoms with Crippen molar-refractivity contribution in [3.05, 3.63) is 66.0 Å². The number of hydrogen-bond acceptors (Lipinski definition) is 3. The summed E-state index contributed by atoms with van der Waals surface area (Å²) < 4.78 is 0. The molecule has 1 heterocycles. The first kappa shape index (κ1) is 13.7. The van der Waals surface area contributed by atoms with Crippen LogP contribution >= 0.6 is 0 Å². The molecule has 1 aromatic carbocycles. The molecule has 2 rings (SSSR count). The van der Waals surface area contributed by atoms with E-state index in [4.69, 9.17) is 0 Å². The van der Waals surface area contributed by atoms with Crippen LogP contribution in [0.2, 0.25) is 0 Å². The smallest absolute Gasteiger partial charge is 0.0931 e. The standard InChI is InChI=1S/C16H20N2O/c1-2-18(12-14-7-4-3-5-8-14)13-16(19)15-9-6-10-17-11-15/h3-11,16,19H,2,12-13H2,1H3. The average molecular weight is 256 g/mol. The predicted octanol–water partition coefficient (Wildman–Crippen LogP) is 2.64. The quantitative estimate of drug-likeness (QED) is 0.863. The van der Waals surface area contributed by atoms with Crippen molar-refractivity contribution in [1.82, 2.24) is 9.88 Å². The number of rotatable bonds is 6. The van der Waals surface area contributed by atoms with Crippen LogP contribution in [0.5, 0.6) is 0 Å². The Labute approximate surface area is 114 Å². The second-order valence-electron chi connectivity index (χ2n) is 4.62. The lowest BCUT2D eigenvalue weighted by Crippen LogP contribution is -2.28. The molecule has 3 nitrogen and oxygen atoms in total. The lowest BCUT2D eigenvalue weighted by molar-refractivity contribution is 0.112. The van der Waals surface area contributed by atoms with Gasteiger partial charge in [0.05, 0.1) is 6.10 Å². The molecule has 0 saturated carbocycles. The summed E-state index contributed by atoms with van der Waals surface area (Å²) in [5, 5.41) is 10.2. The van der Waals surface area contributed by atoms with E-state index in [1.807, 2.05) is 30.3 Å². The number of likely N-dealkylation sites (N-methyl/N-ethyl adjacent to an activating group) is 1. The molecule has 0 bridgehead atoms. The Bertz CT molecular complexity index is 473. The van der Waals surface area contributed by atoms with Crippen molar-refractivity contribution < 1.29 is 5.11 Å². The van der Waals surface area contributed by atoms with Gasteiger partial charge in [-0.3, -0.25) is 9.88 Å². The number of pyridine rings is 1. The number of nitrogens with zero attached hydrogens (tertiary/aromatic N) is 2. The van der Waals surface area contributed by atoms with Crippen molar-refractivity contribution >= 4 is 0 Å². The third-order valence-corrected chi connectivity index (χ3v) is 3.20. The first-order valence-corrected chi connectivity index (χ1v) is 6.64. The molecule has 3 heteroatoms. The van der Waals surface area contributed by atoms with Gasteiger partial charge in [0.1, 0.15) is 0 Å². The monoisotopic (exact) mass is 256 g/mol. The lowest BCUT2D eigenvalue weighted by Gasteiger charge is -2.23. The van der Waals surface area contributed by atoms with Gasteiger partial charge in [0.25, 0.3) is 0 Å². The van der Waals surface area contributed by atoms with E-state index in [2.05, 4.69) is 28.9 Å². The van der Waals surface area contributed by atoms with Crippen molar-refractivity contribution in [3.63, 3.8) is 0 Å². The van der Waals surface area contributed by atoms with E-state index in [9.17, 15) is 5.11 Å². The highest BCUT2D eigenvalue weighted by molar-refractivity contribution is 5.15. The van der Waals surface area contributed by atoms with Crippen molar-refractivity contribution in [1.29, 1.82) is 0 Å². The molecule has 0 radical (unpaired) electrons. The Balaban J connectivity index is 1.96. The zero-order chi connectivity index (χ0) is 13.5. The second-order valence-corrected chi connectivity index (χ2v) is 4.62. The number of aliphatic hydroxyl groups is 1. The molecular formula is C16H20N2O. The van der Waals surface area contributed by atoms with Crippen LogP contribution in [0.4, 0.5) is 0 Å². The fraction of sp³-hybridized carbons (Fsp3) is 0.312. The van der Waals surface area contributed by atoms with Crippen molar-refractivity contribution in [3.8, 4) is 0 Å². The third kappa shape index (κ3) is 4.16. The molecule has 2 aromatic rings. The van der Waals surface area contributed by atoms with E-state index in [0.717, 1.165) is 18.7 Å². The van der Waals surface area contributed by atoms with Crippen LogP contribution in [-0.2, 0) is 6.54 Å². The Morgan fingerprint density at radius 1 is 1.16 bits per heavy atom. The number of aliphatic hydroxyl groups excluding tert-OH is 1. The molecule has 1 unspecified atom stereocenters. The predicted molar refractivity (Wildman–Crippen MR) is 76.6 cm³/mol. The van der Waals surface area contributed by atoms with Crippen molar-refractivity contribution in [2.24, 2.45) is 0 Å². The van der Waals surface area contributed by atoms with Crippen LogP contribution < -0.4 is 0 Å². The first-order valence-electron chi connectivity index (χ1n) is 6.64. The molecule has 0 aliphatic rings. The van der Waals surface area contributed by atoms with Crippen LogP contribution in [-0.4, -0.2) is 28.1 Å². The van der Waals surface area contributed by atoms with Gasteiger partial charge in [0.2, 0.25) is 0 Å². The highest BCUT2D eigenvalue weighted by atomic mass is 16.3. The number of hydrogen-bond donors (Lipinski definition) is 1. The molecule has 0 aliphatic heterocycles. The summed E-state index contributed by atoms with van der Waals surface area (Å²) in [5.41, 5.74) is 2.14. The largest absolute Gasteiger partial charge is 0.387 e. The van der Waals surface area contributed by atoms with Gasteiger partial charge in [0.15, 0.2) is 0 Å². The van der Waals surface area contributed by atoms with Gasteiger partial charge in [-0.15, -0.1) is 0 Å². The number of benzene rings is 1. The zero-order valence-electron chi connectivity index (χ0n) is 11.2. The SMILES string of the molecule is CCN(Cc1ccccc1)CC(O)c1cccnc1. The van der Waals surface area contributed by atoms with E-state index in [1.165, 1.54) is 5.56 Å². The van der Waals surface area contributed by atoms with Crippen LogP contribution in [0.3, 0.4) is 0 Å². The van der Waals surface area contributed by atoms with E-state index < -0.39 is 6.10 Å². The average Bonchev–Trinajstić information content (AvgIpc) is 2.48. The minimum absolute atomic E-state index is 0.489. The van der Waals surface area contributed by atoms with Crippen molar-refractivity contribution in [2.45, 2.75) is 19.6 Å². The summed E-state index contributed by atoms with van der Waals surface area (Å²) in [5.74, 6) is 0. The molecule has 1 aromatic heterocycles. The van der Waals surface area contributed by atoms with E-state index in [1.54, 1.807) is 12.4 Å². The summed E-state index contributed by atoms with van der Waals surface area (Å²) in [6.07, 6.45) is 2.95. The minimum Gasteiger partial charge on any atom is -0.387 e. The van der Waals surface area contributed by atoms with Gasteiger partial charge in [-0.05, 0) is 18.2 Å². The summed E-state index contributed by atoms with van der Waals surface area (Å²) in [4.78, 5) is 6.27. The van der Waals surface area contributed by atoms with Gasteiger partial charge in [-0.2, -0.15) is 0 Å². The summed E-state index contributed by atoms with van der Waals surface area (Å²) >= 11 is 0.